The highest BCUT2D eigenvalue weighted by molar-refractivity contribution is 7.89. The van der Waals surface area contributed by atoms with Gasteiger partial charge in [0.25, 0.3) is 0 Å². The first-order valence-corrected chi connectivity index (χ1v) is 6.61. The van der Waals surface area contributed by atoms with Crippen LogP contribution in [0.3, 0.4) is 0 Å². The molecular formula is C11H15NO4S. The van der Waals surface area contributed by atoms with Crippen molar-refractivity contribution < 1.29 is 18.3 Å². The molecule has 5 nitrogen and oxygen atoms in total. The van der Waals surface area contributed by atoms with E-state index in [-0.39, 0.29) is 11.4 Å². The summed E-state index contributed by atoms with van der Waals surface area (Å²) in [5.74, 6) is -1.79. The molecule has 0 heterocycles. The Hall–Kier alpha value is -1.40. The van der Waals surface area contributed by atoms with Crippen molar-refractivity contribution in [3.8, 4) is 0 Å². The summed E-state index contributed by atoms with van der Waals surface area (Å²) >= 11 is 0. The average molecular weight is 257 g/mol. The lowest BCUT2D eigenvalue weighted by atomic mass is 10.2. The topological polar surface area (TPSA) is 83.5 Å². The third-order valence-electron chi connectivity index (χ3n) is 2.38. The van der Waals surface area contributed by atoms with Crippen molar-refractivity contribution in [1.82, 2.24) is 4.72 Å². The smallest absolute Gasteiger partial charge is 0.307 e. The Morgan fingerprint density at radius 1 is 1.41 bits per heavy atom. The van der Waals surface area contributed by atoms with Gasteiger partial charge in [0.2, 0.25) is 10.0 Å². The minimum absolute atomic E-state index is 0.119. The molecule has 1 aromatic rings. The molecule has 1 rings (SSSR count). The lowest BCUT2D eigenvalue weighted by Crippen LogP contribution is -2.31. The highest BCUT2D eigenvalue weighted by atomic mass is 32.2. The SMILES string of the molecule is Cc1ccccc1S(=O)(=O)NCC(C)C(=O)O. The zero-order valence-corrected chi connectivity index (χ0v) is 10.5. The molecule has 0 aromatic heterocycles. The maximum absolute atomic E-state index is 11.9. The zero-order valence-electron chi connectivity index (χ0n) is 9.67. The van der Waals surface area contributed by atoms with Gasteiger partial charge in [-0.3, -0.25) is 4.79 Å². The number of aliphatic carboxylic acids is 1. The first kappa shape index (κ1) is 13.7. The highest BCUT2D eigenvalue weighted by Gasteiger charge is 2.19. The summed E-state index contributed by atoms with van der Waals surface area (Å²) in [6.07, 6.45) is 0. The molecule has 1 aromatic carbocycles. The normalized spacial score (nSPS) is 13.3. The molecule has 0 radical (unpaired) electrons. The molecule has 17 heavy (non-hydrogen) atoms. The second-order valence-electron chi connectivity index (χ2n) is 3.86. The van der Waals surface area contributed by atoms with Crippen molar-refractivity contribution in [3.05, 3.63) is 29.8 Å². The van der Waals surface area contributed by atoms with Crippen molar-refractivity contribution in [3.63, 3.8) is 0 Å². The summed E-state index contributed by atoms with van der Waals surface area (Å²) in [6, 6.07) is 6.55. The summed E-state index contributed by atoms with van der Waals surface area (Å²) < 4.78 is 26.0. The molecule has 0 aliphatic heterocycles. The van der Waals surface area contributed by atoms with Crippen LogP contribution in [-0.4, -0.2) is 26.0 Å². The summed E-state index contributed by atoms with van der Waals surface area (Å²) in [5.41, 5.74) is 0.628. The number of sulfonamides is 1. The maximum atomic E-state index is 11.9. The first-order chi connectivity index (χ1) is 7.84. The largest absolute Gasteiger partial charge is 0.481 e. The molecule has 1 atom stereocenters. The van der Waals surface area contributed by atoms with Gasteiger partial charge in [0.15, 0.2) is 0 Å². The molecule has 94 valence electrons. The van der Waals surface area contributed by atoms with Crippen LogP contribution < -0.4 is 4.72 Å². The van der Waals surface area contributed by atoms with E-state index in [2.05, 4.69) is 4.72 Å². The summed E-state index contributed by atoms with van der Waals surface area (Å²) in [4.78, 5) is 10.8. The van der Waals surface area contributed by atoms with Crippen LogP contribution in [0.5, 0.6) is 0 Å². The van der Waals surface area contributed by atoms with Crippen LogP contribution >= 0.6 is 0 Å². The van der Waals surface area contributed by atoms with Crippen molar-refractivity contribution in [2.24, 2.45) is 5.92 Å². The predicted molar refractivity (Wildman–Crippen MR) is 63.2 cm³/mol. The van der Waals surface area contributed by atoms with Gasteiger partial charge in [0.1, 0.15) is 0 Å². The number of rotatable bonds is 5. The Morgan fingerprint density at radius 3 is 2.53 bits per heavy atom. The maximum Gasteiger partial charge on any atom is 0.307 e. The van der Waals surface area contributed by atoms with Crippen molar-refractivity contribution in [1.29, 1.82) is 0 Å². The number of hydrogen-bond donors (Lipinski definition) is 2. The van der Waals surface area contributed by atoms with E-state index < -0.39 is 21.9 Å². The Labute approximate surface area is 101 Å². The Kier molecular flexibility index (Phi) is 4.25. The lowest BCUT2D eigenvalue weighted by Gasteiger charge is -2.10. The lowest BCUT2D eigenvalue weighted by molar-refractivity contribution is -0.140. The number of aryl methyl sites for hydroxylation is 1. The number of carboxylic acid groups (broad SMARTS) is 1. The quantitative estimate of drug-likeness (QED) is 0.824. The molecular weight excluding hydrogens is 242 g/mol. The minimum atomic E-state index is -3.63. The van der Waals surface area contributed by atoms with Crippen LogP contribution in [-0.2, 0) is 14.8 Å². The van der Waals surface area contributed by atoms with E-state index in [0.29, 0.717) is 5.56 Å². The van der Waals surface area contributed by atoms with Crippen LogP contribution in [0.15, 0.2) is 29.2 Å². The van der Waals surface area contributed by atoms with Gasteiger partial charge in [-0.05, 0) is 18.6 Å². The number of carbonyl (C=O) groups is 1. The van der Waals surface area contributed by atoms with Crippen molar-refractivity contribution in [2.75, 3.05) is 6.54 Å². The minimum Gasteiger partial charge on any atom is -0.481 e. The second kappa shape index (κ2) is 5.29. The molecule has 2 N–H and O–H groups in total. The van der Waals surface area contributed by atoms with Crippen molar-refractivity contribution in [2.45, 2.75) is 18.7 Å². The van der Waals surface area contributed by atoms with Gasteiger partial charge >= 0.3 is 5.97 Å². The molecule has 0 saturated carbocycles. The van der Waals surface area contributed by atoms with Crippen LogP contribution in [0.4, 0.5) is 0 Å². The molecule has 0 spiro atoms. The van der Waals surface area contributed by atoms with Crippen LogP contribution in [0.1, 0.15) is 12.5 Å². The number of carboxylic acids is 1. The van der Waals surface area contributed by atoms with Crippen LogP contribution in [0.2, 0.25) is 0 Å². The number of benzene rings is 1. The van der Waals surface area contributed by atoms with Gasteiger partial charge in [-0.15, -0.1) is 0 Å². The molecule has 1 unspecified atom stereocenters. The fourth-order valence-electron chi connectivity index (χ4n) is 1.26. The van der Waals surface area contributed by atoms with E-state index in [1.165, 1.54) is 13.0 Å². The Bertz CT molecular complexity index is 510. The molecule has 0 aliphatic rings. The monoisotopic (exact) mass is 257 g/mol. The van der Waals surface area contributed by atoms with E-state index in [4.69, 9.17) is 5.11 Å². The van der Waals surface area contributed by atoms with Gasteiger partial charge in [-0.25, -0.2) is 13.1 Å². The summed E-state index contributed by atoms with van der Waals surface area (Å²) in [6.45, 7) is 3.02. The summed E-state index contributed by atoms with van der Waals surface area (Å²) in [5, 5.41) is 8.67. The highest BCUT2D eigenvalue weighted by Crippen LogP contribution is 2.13. The number of nitrogens with one attached hydrogen (secondary N) is 1. The Morgan fingerprint density at radius 2 is 2.00 bits per heavy atom. The van der Waals surface area contributed by atoms with E-state index >= 15 is 0 Å². The molecule has 6 heteroatoms. The molecule has 0 amide bonds. The van der Waals surface area contributed by atoms with E-state index in [1.807, 2.05) is 0 Å². The standard InChI is InChI=1S/C11H15NO4S/c1-8-5-3-4-6-10(8)17(15,16)12-7-9(2)11(13)14/h3-6,9,12H,7H2,1-2H3,(H,13,14). The van der Waals surface area contributed by atoms with E-state index in [9.17, 15) is 13.2 Å². The third-order valence-corrected chi connectivity index (χ3v) is 3.97. The number of hydrogen-bond acceptors (Lipinski definition) is 3. The predicted octanol–water partition coefficient (Wildman–Crippen LogP) is 0.994. The zero-order chi connectivity index (χ0) is 13.1. The van der Waals surface area contributed by atoms with Crippen LogP contribution in [0, 0.1) is 12.8 Å². The Balaban J connectivity index is 2.84. The molecule has 0 bridgehead atoms. The van der Waals surface area contributed by atoms with Gasteiger partial charge in [-0.2, -0.15) is 0 Å². The van der Waals surface area contributed by atoms with Gasteiger partial charge < -0.3 is 5.11 Å². The second-order valence-corrected chi connectivity index (χ2v) is 5.59. The molecule has 0 fully saturated rings. The third kappa shape index (κ3) is 3.54. The van der Waals surface area contributed by atoms with E-state index in [1.54, 1.807) is 25.1 Å². The fourth-order valence-corrected chi connectivity index (χ4v) is 2.63. The fraction of sp³-hybridized carbons (Fsp3) is 0.364. The average Bonchev–Trinajstić information content (AvgIpc) is 2.26. The summed E-state index contributed by atoms with van der Waals surface area (Å²) in [7, 11) is -3.63. The molecule has 0 saturated heterocycles. The van der Waals surface area contributed by atoms with Gasteiger partial charge in [0, 0.05) is 6.54 Å². The van der Waals surface area contributed by atoms with Crippen LogP contribution in [0.25, 0.3) is 0 Å². The van der Waals surface area contributed by atoms with E-state index in [0.717, 1.165) is 0 Å². The van der Waals surface area contributed by atoms with Crippen molar-refractivity contribution >= 4 is 16.0 Å². The first-order valence-electron chi connectivity index (χ1n) is 5.12. The molecule has 0 aliphatic carbocycles. The van der Waals surface area contributed by atoms with Gasteiger partial charge in [-0.1, -0.05) is 25.1 Å². The van der Waals surface area contributed by atoms with Gasteiger partial charge in [0.05, 0.1) is 10.8 Å².